The van der Waals surface area contributed by atoms with Gasteiger partial charge in [0, 0.05) is 10.6 Å². The molecule has 0 aromatic heterocycles. The van der Waals surface area contributed by atoms with Gasteiger partial charge in [0.05, 0.1) is 6.04 Å². The standard InChI is InChI=1S/C19H18ClNO5/c1-13(15-3-2-4-16(20)9-15)21-18(23)11-26-19(24)12-25-17-7-5-14(10-22)6-8-17/h2-10,13H,11-12H2,1H3,(H,21,23)/t13-/m1/s1. The normalized spacial score (nSPS) is 11.3. The maximum Gasteiger partial charge on any atom is 0.344 e. The first-order valence-corrected chi connectivity index (χ1v) is 8.24. The fourth-order valence-corrected chi connectivity index (χ4v) is 2.31. The number of nitrogens with one attached hydrogen (secondary N) is 1. The van der Waals surface area contributed by atoms with E-state index in [1.807, 2.05) is 6.07 Å². The van der Waals surface area contributed by atoms with Crippen LogP contribution >= 0.6 is 11.6 Å². The second-order valence-corrected chi connectivity index (χ2v) is 5.92. The lowest BCUT2D eigenvalue weighted by Crippen LogP contribution is -2.31. The van der Waals surface area contributed by atoms with E-state index in [9.17, 15) is 14.4 Å². The fraction of sp³-hybridized carbons (Fsp3) is 0.211. The number of hydrogen-bond acceptors (Lipinski definition) is 5. The van der Waals surface area contributed by atoms with Crippen LogP contribution in [0, 0.1) is 0 Å². The van der Waals surface area contributed by atoms with Crippen LogP contribution in [0.1, 0.15) is 28.9 Å². The number of ether oxygens (including phenoxy) is 2. The highest BCUT2D eigenvalue weighted by molar-refractivity contribution is 6.30. The van der Waals surface area contributed by atoms with Crippen LogP contribution in [0.25, 0.3) is 0 Å². The molecule has 0 spiro atoms. The molecule has 1 atom stereocenters. The number of carbonyl (C=O) groups excluding carboxylic acids is 3. The van der Waals surface area contributed by atoms with Gasteiger partial charge in [-0.05, 0) is 48.9 Å². The van der Waals surface area contributed by atoms with Crippen LogP contribution in [-0.4, -0.2) is 31.4 Å². The van der Waals surface area contributed by atoms with Crippen molar-refractivity contribution in [2.75, 3.05) is 13.2 Å². The zero-order chi connectivity index (χ0) is 18.9. The van der Waals surface area contributed by atoms with Crippen molar-refractivity contribution in [1.82, 2.24) is 5.32 Å². The summed E-state index contributed by atoms with van der Waals surface area (Å²) < 4.78 is 10.1. The van der Waals surface area contributed by atoms with Gasteiger partial charge < -0.3 is 14.8 Å². The van der Waals surface area contributed by atoms with Gasteiger partial charge in [0.15, 0.2) is 13.2 Å². The molecule has 0 fully saturated rings. The van der Waals surface area contributed by atoms with Crippen molar-refractivity contribution in [2.24, 2.45) is 0 Å². The van der Waals surface area contributed by atoms with E-state index >= 15 is 0 Å². The van der Waals surface area contributed by atoms with Crippen LogP contribution in [-0.2, 0) is 14.3 Å². The molecule has 0 saturated carbocycles. The summed E-state index contributed by atoms with van der Waals surface area (Å²) in [6.07, 6.45) is 0.709. The molecule has 2 aromatic rings. The smallest absolute Gasteiger partial charge is 0.344 e. The lowest BCUT2D eigenvalue weighted by atomic mass is 10.1. The maximum absolute atomic E-state index is 11.9. The van der Waals surface area contributed by atoms with Gasteiger partial charge in [0.25, 0.3) is 5.91 Å². The first-order chi connectivity index (χ1) is 12.5. The van der Waals surface area contributed by atoms with E-state index in [4.69, 9.17) is 21.1 Å². The Hall–Kier alpha value is -2.86. The average Bonchev–Trinajstić information content (AvgIpc) is 2.65. The molecule has 1 N–H and O–H groups in total. The second-order valence-electron chi connectivity index (χ2n) is 5.48. The molecule has 0 radical (unpaired) electrons. The summed E-state index contributed by atoms with van der Waals surface area (Å²) in [7, 11) is 0. The number of carbonyl (C=O) groups is 3. The Balaban J connectivity index is 1.72. The van der Waals surface area contributed by atoms with Gasteiger partial charge in [0.1, 0.15) is 12.0 Å². The number of halogens is 1. The van der Waals surface area contributed by atoms with Gasteiger partial charge in [0.2, 0.25) is 0 Å². The van der Waals surface area contributed by atoms with Gasteiger partial charge in [-0.2, -0.15) is 0 Å². The summed E-state index contributed by atoms with van der Waals surface area (Å²) in [6, 6.07) is 13.1. The van der Waals surface area contributed by atoms with Crippen molar-refractivity contribution in [2.45, 2.75) is 13.0 Å². The molecule has 0 bridgehead atoms. The molecule has 0 saturated heterocycles. The Morgan fingerprint density at radius 2 is 1.88 bits per heavy atom. The Morgan fingerprint density at radius 3 is 2.54 bits per heavy atom. The molecule has 0 aliphatic rings. The zero-order valence-corrected chi connectivity index (χ0v) is 14.9. The van der Waals surface area contributed by atoms with Gasteiger partial charge in [-0.15, -0.1) is 0 Å². The molecule has 7 heteroatoms. The van der Waals surface area contributed by atoms with E-state index < -0.39 is 18.5 Å². The number of aldehydes is 1. The van der Waals surface area contributed by atoms with Gasteiger partial charge in [-0.3, -0.25) is 9.59 Å². The fourth-order valence-electron chi connectivity index (χ4n) is 2.11. The summed E-state index contributed by atoms with van der Waals surface area (Å²) in [6.45, 7) is 1.06. The largest absolute Gasteiger partial charge is 0.482 e. The van der Waals surface area contributed by atoms with Crippen molar-refractivity contribution in [3.05, 3.63) is 64.7 Å². The first kappa shape index (κ1) is 19.5. The van der Waals surface area contributed by atoms with E-state index in [0.29, 0.717) is 22.6 Å². The molecule has 2 aromatic carbocycles. The van der Waals surface area contributed by atoms with Gasteiger partial charge in [-0.1, -0.05) is 23.7 Å². The maximum atomic E-state index is 11.9. The highest BCUT2D eigenvalue weighted by Crippen LogP contribution is 2.17. The molecule has 2 rings (SSSR count). The SMILES string of the molecule is C[C@@H](NC(=O)COC(=O)COc1ccc(C=O)cc1)c1cccc(Cl)c1. The van der Waals surface area contributed by atoms with E-state index in [0.717, 1.165) is 5.56 Å². The number of rotatable bonds is 8. The molecule has 26 heavy (non-hydrogen) atoms. The van der Waals surface area contributed by atoms with E-state index in [1.165, 1.54) is 0 Å². The van der Waals surface area contributed by atoms with Crippen molar-refractivity contribution < 1.29 is 23.9 Å². The summed E-state index contributed by atoms with van der Waals surface area (Å²) in [4.78, 5) is 34.1. The summed E-state index contributed by atoms with van der Waals surface area (Å²) in [5.41, 5.74) is 1.35. The van der Waals surface area contributed by atoms with Crippen molar-refractivity contribution in [3.63, 3.8) is 0 Å². The highest BCUT2D eigenvalue weighted by Gasteiger charge is 2.12. The molecular formula is C19H18ClNO5. The third-order valence-electron chi connectivity index (χ3n) is 3.46. The molecular weight excluding hydrogens is 358 g/mol. The van der Waals surface area contributed by atoms with Crippen molar-refractivity contribution >= 4 is 29.8 Å². The van der Waals surface area contributed by atoms with Crippen molar-refractivity contribution in [3.8, 4) is 5.75 Å². The first-order valence-electron chi connectivity index (χ1n) is 7.86. The molecule has 0 heterocycles. The average molecular weight is 376 g/mol. The lowest BCUT2D eigenvalue weighted by molar-refractivity contribution is -0.150. The molecule has 0 unspecified atom stereocenters. The third kappa shape index (κ3) is 6.22. The van der Waals surface area contributed by atoms with E-state index in [-0.39, 0.29) is 12.6 Å². The Kier molecular flexibility index (Phi) is 7.17. The molecule has 6 nitrogen and oxygen atoms in total. The summed E-state index contributed by atoms with van der Waals surface area (Å²) in [5.74, 6) is -0.678. The minimum absolute atomic E-state index is 0.271. The minimum Gasteiger partial charge on any atom is -0.482 e. The number of esters is 1. The van der Waals surface area contributed by atoms with Crippen LogP contribution < -0.4 is 10.1 Å². The van der Waals surface area contributed by atoms with Crippen LogP contribution in [0.3, 0.4) is 0 Å². The Bertz CT molecular complexity index is 776. The lowest BCUT2D eigenvalue weighted by Gasteiger charge is -2.14. The third-order valence-corrected chi connectivity index (χ3v) is 3.70. The van der Waals surface area contributed by atoms with Crippen molar-refractivity contribution in [1.29, 1.82) is 0 Å². The molecule has 0 aliphatic heterocycles. The summed E-state index contributed by atoms with van der Waals surface area (Å²) >= 11 is 5.92. The van der Waals surface area contributed by atoms with Gasteiger partial charge >= 0.3 is 5.97 Å². The Morgan fingerprint density at radius 1 is 1.15 bits per heavy atom. The summed E-state index contributed by atoms with van der Waals surface area (Å²) in [5, 5.41) is 3.29. The number of benzene rings is 2. The van der Waals surface area contributed by atoms with E-state index in [2.05, 4.69) is 5.32 Å². The van der Waals surface area contributed by atoms with Gasteiger partial charge in [-0.25, -0.2) is 4.79 Å². The molecule has 0 aliphatic carbocycles. The van der Waals surface area contributed by atoms with E-state index in [1.54, 1.807) is 49.4 Å². The quantitative estimate of drug-likeness (QED) is 0.566. The predicted octanol–water partition coefficient (Wildman–Crippen LogP) is 2.95. The van der Waals surface area contributed by atoms with Crippen LogP contribution in [0.5, 0.6) is 5.75 Å². The zero-order valence-electron chi connectivity index (χ0n) is 14.1. The second kappa shape index (κ2) is 9.58. The number of hydrogen-bond donors (Lipinski definition) is 1. The highest BCUT2D eigenvalue weighted by atomic mass is 35.5. The number of amides is 1. The van der Waals surface area contributed by atoms with Crippen LogP contribution in [0.15, 0.2) is 48.5 Å². The molecule has 1 amide bonds. The van der Waals surface area contributed by atoms with Crippen LogP contribution in [0.4, 0.5) is 0 Å². The topological polar surface area (TPSA) is 81.7 Å². The minimum atomic E-state index is -0.671. The van der Waals surface area contributed by atoms with Crippen LogP contribution in [0.2, 0.25) is 5.02 Å². The Labute approximate surface area is 156 Å². The monoisotopic (exact) mass is 375 g/mol. The molecule has 136 valence electrons. The predicted molar refractivity (Wildman–Crippen MR) is 96.3 cm³/mol.